The molecule has 4 aliphatic carbocycles. The maximum atomic E-state index is 10.6. The molecular formula is C43H78O5Si. The molecule has 49 heavy (non-hydrogen) atoms. The molecule has 0 amide bonds. The summed E-state index contributed by atoms with van der Waals surface area (Å²) in [4.78, 5) is 0. The van der Waals surface area contributed by atoms with Crippen molar-refractivity contribution in [2.75, 3.05) is 33.0 Å². The van der Waals surface area contributed by atoms with Crippen LogP contribution in [0.3, 0.4) is 0 Å². The topological polar surface area (TPSA) is 68.2 Å². The maximum Gasteiger partial charge on any atom is 0.137 e. The molecule has 6 heteroatoms. The van der Waals surface area contributed by atoms with Crippen LogP contribution >= 0.6 is 0 Å². The predicted molar refractivity (Wildman–Crippen MR) is 206 cm³/mol. The van der Waals surface area contributed by atoms with Crippen LogP contribution in [0.15, 0.2) is 0 Å². The van der Waals surface area contributed by atoms with Gasteiger partial charge in [-0.25, -0.2) is 0 Å². The number of hydrogen-bond acceptors (Lipinski definition) is 5. The first-order chi connectivity index (χ1) is 23.4. The fourth-order valence-electron chi connectivity index (χ4n) is 11.7. The largest absolute Gasteiger partial charge is 0.390 e. The molecule has 0 aromatic rings. The summed E-state index contributed by atoms with van der Waals surface area (Å²) in [6.45, 7) is 21.1. The summed E-state index contributed by atoms with van der Waals surface area (Å²) in [5, 5.41) is 20.8. The van der Waals surface area contributed by atoms with E-state index < -0.39 is 20.3 Å². The van der Waals surface area contributed by atoms with Crippen molar-refractivity contribution >= 4 is 8.07 Å². The van der Waals surface area contributed by atoms with Gasteiger partial charge < -0.3 is 24.4 Å². The van der Waals surface area contributed by atoms with Crippen molar-refractivity contribution in [3.8, 4) is 11.5 Å². The van der Waals surface area contributed by atoms with Gasteiger partial charge in [0.05, 0.1) is 45.2 Å². The maximum absolute atomic E-state index is 10.6. The third kappa shape index (κ3) is 10.4. The average Bonchev–Trinajstić information content (AvgIpc) is 3.44. The zero-order chi connectivity index (χ0) is 35.7. The lowest BCUT2D eigenvalue weighted by atomic mass is 9.44. The van der Waals surface area contributed by atoms with E-state index >= 15 is 0 Å². The summed E-state index contributed by atoms with van der Waals surface area (Å²) >= 11 is 0. The highest BCUT2D eigenvalue weighted by atomic mass is 28.3. The van der Waals surface area contributed by atoms with Crippen LogP contribution in [-0.2, 0) is 14.2 Å². The van der Waals surface area contributed by atoms with E-state index in [1.54, 1.807) is 0 Å². The summed E-state index contributed by atoms with van der Waals surface area (Å²) in [6.07, 6.45) is 15.9. The van der Waals surface area contributed by atoms with Crippen LogP contribution < -0.4 is 0 Å². The number of hydrogen-bond donors (Lipinski definition) is 2. The van der Waals surface area contributed by atoms with Gasteiger partial charge in [-0.05, 0) is 128 Å². The number of rotatable bonds is 19. The van der Waals surface area contributed by atoms with Gasteiger partial charge in [0.1, 0.15) is 14.2 Å². The van der Waals surface area contributed by atoms with Gasteiger partial charge in [-0.15, -0.1) is 11.5 Å². The van der Waals surface area contributed by atoms with Gasteiger partial charge in [0.25, 0.3) is 0 Å². The molecule has 0 radical (unpaired) electrons. The SMILES string of the molecule is CC[Si](C#CC[C@@H](O)COCCOC[C@@H](O)CO[C@H]1CC[C@@]2(C)[C@@H](CC[C@@H]3[C@@H]2CC[C@]2(C)[C@@H]([C@H](C)CCCC(C)C)CC[C@@H]32)C1)(CC)CC. The van der Waals surface area contributed by atoms with Crippen molar-refractivity contribution in [3.63, 3.8) is 0 Å². The van der Waals surface area contributed by atoms with Gasteiger partial charge >= 0.3 is 0 Å². The molecule has 4 rings (SSSR count). The summed E-state index contributed by atoms with van der Waals surface area (Å²) in [6, 6.07) is 3.52. The van der Waals surface area contributed by atoms with Crippen molar-refractivity contribution in [1.29, 1.82) is 0 Å². The Morgan fingerprint density at radius 1 is 0.755 bits per heavy atom. The lowest BCUT2D eigenvalue weighted by Crippen LogP contribution is -2.54. The van der Waals surface area contributed by atoms with E-state index in [4.69, 9.17) is 14.2 Å². The van der Waals surface area contributed by atoms with Gasteiger partial charge in [0.2, 0.25) is 0 Å². The summed E-state index contributed by atoms with van der Waals surface area (Å²) < 4.78 is 17.6. The summed E-state index contributed by atoms with van der Waals surface area (Å²) in [7, 11) is -1.46. The van der Waals surface area contributed by atoms with Crippen LogP contribution in [-0.4, -0.2) is 69.6 Å². The van der Waals surface area contributed by atoms with Crippen LogP contribution in [0.25, 0.3) is 0 Å². The molecule has 284 valence electrons. The van der Waals surface area contributed by atoms with Gasteiger partial charge in [0.15, 0.2) is 0 Å². The predicted octanol–water partition coefficient (Wildman–Crippen LogP) is 9.69. The van der Waals surface area contributed by atoms with Gasteiger partial charge in [0, 0.05) is 6.42 Å². The minimum absolute atomic E-state index is 0.254. The Balaban J connectivity index is 1.12. The molecule has 0 aliphatic heterocycles. The van der Waals surface area contributed by atoms with Gasteiger partial charge in [-0.1, -0.05) is 74.7 Å². The molecule has 0 aromatic carbocycles. The summed E-state index contributed by atoms with van der Waals surface area (Å²) in [5.74, 6) is 9.39. The van der Waals surface area contributed by atoms with Gasteiger partial charge in [-0.2, -0.15) is 0 Å². The molecule has 5 nitrogen and oxygen atoms in total. The quantitative estimate of drug-likeness (QED) is 0.0797. The first-order valence-electron chi connectivity index (χ1n) is 21.0. The van der Waals surface area contributed by atoms with Crippen molar-refractivity contribution in [1.82, 2.24) is 0 Å². The molecule has 0 spiro atoms. The van der Waals surface area contributed by atoms with E-state index in [-0.39, 0.29) is 19.3 Å². The third-order valence-corrected chi connectivity index (χ3v) is 19.8. The smallest absolute Gasteiger partial charge is 0.137 e. The molecule has 2 N–H and O–H groups in total. The first kappa shape index (κ1) is 41.3. The Labute approximate surface area is 303 Å². The van der Waals surface area contributed by atoms with Crippen LogP contribution in [0.2, 0.25) is 18.1 Å². The number of aliphatic hydroxyl groups excluding tert-OH is 2. The average molecular weight is 703 g/mol. The molecule has 0 heterocycles. The van der Waals surface area contributed by atoms with Crippen LogP contribution in [0.5, 0.6) is 0 Å². The zero-order valence-electron chi connectivity index (χ0n) is 33.2. The second-order valence-corrected chi connectivity index (χ2v) is 23.2. The van der Waals surface area contributed by atoms with Crippen LogP contribution in [0.1, 0.15) is 139 Å². The molecule has 4 saturated carbocycles. The van der Waals surface area contributed by atoms with Crippen LogP contribution in [0.4, 0.5) is 0 Å². The lowest BCUT2D eigenvalue weighted by molar-refractivity contribution is -0.143. The normalized spacial score (nSPS) is 34.8. The van der Waals surface area contributed by atoms with Crippen molar-refractivity contribution in [2.45, 2.75) is 175 Å². The highest BCUT2D eigenvalue weighted by Crippen LogP contribution is 2.68. The van der Waals surface area contributed by atoms with Crippen LogP contribution in [0, 0.1) is 63.7 Å². The molecule has 0 saturated heterocycles. The molecule has 0 unspecified atom stereocenters. The minimum atomic E-state index is -1.46. The minimum Gasteiger partial charge on any atom is -0.390 e. The van der Waals surface area contributed by atoms with E-state index in [0.29, 0.717) is 37.1 Å². The number of aliphatic hydroxyl groups is 2. The molecular weight excluding hydrogens is 625 g/mol. The molecule has 11 atom stereocenters. The Kier molecular flexibility index (Phi) is 16.1. The van der Waals surface area contributed by atoms with Crippen molar-refractivity contribution in [2.24, 2.45) is 52.3 Å². The van der Waals surface area contributed by atoms with Crippen molar-refractivity contribution < 1.29 is 24.4 Å². The van der Waals surface area contributed by atoms with E-state index in [1.165, 1.54) is 82.3 Å². The highest BCUT2D eigenvalue weighted by molar-refractivity contribution is 6.87. The van der Waals surface area contributed by atoms with E-state index in [9.17, 15) is 10.2 Å². The fraction of sp³-hybridized carbons (Fsp3) is 0.953. The summed E-state index contributed by atoms with van der Waals surface area (Å²) in [5.41, 5.74) is 4.55. The standard InChI is InChI=1S/C43H78O5Si/c1-9-49(10-2,11-3)27-13-16-35(44)29-46-25-26-47-30-36(45)31-48-37-21-23-42(7)34(28-37)17-18-38-40-20-19-39(33(6)15-12-14-32(4)5)43(40,8)24-22-41(38)42/h32-41,44-45H,9-12,14-26,28-31H2,1-8H3/t33-,34+,35-,36-,37+,38+,39-,40+,41+,42+,43-/m1/s1. The van der Waals surface area contributed by atoms with Gasteiger partial charge in [-0.3, -0.25) is 0 Å². The monoisotopic (exact) mass is 703 g/mol. The first-order valence-corrected chi connectivity index (χ1v) is 23.7. The fourth-order valence-corrected chi connectivity index (χ4v) is 14.2. The van der Waals surface area contributed by atoms with Crippen molar-refractivity contribution in [3.05, 3.63) is 0 Å². The second-order valence-electron chi connectivity index (χ2n) is 18.2. The molecule has 4 aliphatic rings. The number of ether oxygens (including phenoxy) is 3. The van der Waals surface area contributed by atoms with E-state index in [1.807, 2.05) is 0 Å². The number of fused-ring (bicyclic) bond motifs is 5. The zero-order valence-corrected chi connectivity index (χ0v) is 34.2. The Morgan fingerprint density at radius 2 is 1.41 bits per heavy atom. The molecule has 4 fully saturated rings. The van der Waals surface area contributed by atoms with E-state index in [2.05, 4.69) is 66.9 Å². The Morgan fingerprint density at radius 3 is 2.08 bits per heavy atom. The second kappa shape index (κ2) is 19.1. The highest BCUT2D eigenvalue weighted by Gasteiger charge is 2.60. The third-order valence-electron chi connectivity index (χ3n) is 15.1. The Hall–Kier alpha value is -0.423. The Bertz CT molecular complexity index is 1030. The van der Waals surface area contributed by atoms with E-state index in [0.717, 1.165) is 54.3 Å². The lowest BCUT2D eigenvalue weighted by Gasteiger charge is -2.61. The molecule has 0 aromatic heterocycles. The molecule has 0 bridgehead atoms.